The summed E-state index contributed by atoms with van der Waals surface area (Å²) in [6.45, 7) is 9.78. The smallest absolute Gasteiger partial charge is 0.225 e. The van der Waals surface area contributed by atoms with Gasteiger partial charge in [-0.15, -0.1) is 24.0 Å². The van der Waals surface area contributed by atoms with Crippen LogP contribution in [0.15, 0.2) is 35.3 Å². The topological polar surface area (TPSA) is 69.2 Å². The van der Waals surface area contributed by atoms with Crippen molar-refractivity contribution in [1.29, 1.82) is 0 Å². The SMILES string of the molecule is CCNC(=NCCCOc1ccccc1)NCCN1CCN(C(=O)C2CCCC2)CC1.I. The molecule has 0 bridgehead atoms. The second kappa shape index (κ2) is 15.3. The van der Waals surface area contributed by atoms with Crippen molar-refractivity contribution >= 4 is 35.8 Å². The number of nitrogens with zero attached hydrogens (tertiary/aromatic N) is 3. The molecule has 1 aliphatic carbocycles. The summed E-state index contributed by atoms with van der Waals surface area (Å²) in [5.74, 6) is 2.46. The molecule has 8 heteroatoms. The number of para-hydroxylation sites is 1. The predicted molar refractivity (Wildman–Crippen MR) is 141 cm³/mol. The number of guanidine groups is 1. The van der Waals surface area contributed by atoms with E-state index in [0.717, 1.165) is 83.3 Å². The van der Waals surface area contributed by atoms with Gasteiger partial charge in [0.1, 0.15) is 5.75 Å². The van der Waals surface area contributed by atoms with E-state index in [9.17, 15) is 4.79 Å². The fourth-order valence-corrected chi connectivity index (χ4v) is 4.26. The van der Waals surface area contributed by atoms with Crippen molar-refractivity contribution < 1.29 is 9.53 Å². The molecule has 1 aromatic carbocycles. The van der Waals surface area contributed by atoms with Crippen LogP contribution in [0.5, 0.6) is 5.75 Å². The van der Waals surface area contributed by atoms with Gasteiger partial charge in [-0.05, 0) is 31.9 Å². The van der Waals surface area contributed by atoms with Gasteiger partial charge in [0.2, 0.25) is 5.91 Å². The molecule has 32 heavy (non-hydrogen) atoms. The normalized spacial score (nSPS) is 17.7. The molecule has 1 heterocycles. The van der Waals surface area contributed by atoms with E-state index in [1.165, 1.54) is 12.8 Å². The molecule has 180 valence electrons. The molecule has 3 rings (SSSR count). The first-order valence-corrected chi connectivity index (χ1v) is 12.0. The lowest BCUT2D eigenvalue weighted by atomic mass is 10.1. The number of piperazine rings is 1. The minimum Gasteiger partial charge on any atom is -0.494 e. The molecular weight excluding hydrogens is 517 g/mol. The van der Waals surface area contributed by atoms with E-state index in [1.54, 1.807) is 0 Å². The Kier molecular flexibility index (Phi) is 12.8. The van der Waals surface area contributed by atoms with Crippen LogP contribution in [-0.2, 0) is 4.79 Å². The molecule has 1 saturated heterocycles. The molecule has 2 N–H and O–H groups in total. The highest BCUT2D eigenvalue weighted by molar-refractivity contribution is 14.0. The van der Waals surface area contributed by atoms with Gasteiger partial charge in [0.25, 0.3) is 0 Å². The molecule has 0 aromatic heterocycles. The third kappa shape index (κ3) is 9.13. The summed E-state index contributed by atoms with van der Waals surface area (Å²) in [5, 5.41) is 6.74. The minimum absolute atomic E-state index is 0. The van der Waals surface area contributed by atoms with Crippen LogP contribution in [0.2, 0.25) is 0 Å². The van der Waals surface area contributed by atoms with Crippen LogP contribution < -0.4 is 15.4 Å². The molecule has 0 unspecified atom stereocenters. The maximum Gasteiger partial charge on any atom is 0.225 e. The molecule has 1 aromatic rings. The molecule has 0 radical (unpaired) electrons. The number of nitrogens with one attached hydrogen (secondary N) is 2. The number of ether oxygens (including phenoxy) is 1. The molecule has 1 aliphatic heterocycles. The Morgan fingerprint density at radius 1 is 1.09 bits per heavy atom. The number of carbonyl (C=O) groups is 1. The number of amides is 1. The number of halogens is 1. The molecule has 2 fully saturated rings. The zero-order valence-corrected chi connectivity index (χ0v) is 21.8. The van der Waals surface area contributed by atoms with Crippen molar-refractivity contribution in [3.05, 3.63) is 30.3 Å². The van der Waals surface area contributed by atoms with Gasteiger partial charge < -0.3 is 20.3 Å². The second-order valence-corrected chi connectivity index (χ2v) is 8.35. The van der Waals surface area contributed by atoms with Crippen molar-refractivity contribution in [2.45, 2.75) is 39.0 Å². The maximum absolute atomic E-state index is 12.6. The van der Waals surface area contributed by atoms with E-state index in [-0.39, 0.29) is 24.0 Å². The fourth-order valence-electron chi connectivity index (χ4n) is 4.26. The Balaban J connectivity index is 0.00000363. The molecule has 0 atom stereocenters. The van der Waals surface area contributed by atoms with Crippen molar-refractivity contribution in [3.8, 4) is 5.75 Å². The zero-order chi connectivity index (χ0) is 21.7. The largest absolute Gasteiger partial charge is 0.494 e. The number of rotatable bonds is 10. The van der Waals surface area contributed by atoms with Crippen molar-refractivity contribution in [2.24, 2.45) is 10.9 Å². The summed E-state index contributed by atoms with van der Waals surface area (Å²) >= 11 is 0. The Morgan fingerprint density at radius 3 is 2.50 bits per heavy atom. The first-order valence-electron chi connectivity index (χ1n) is 12.0. The Labute approximate surface area is 210 Å². The van der Waals surface area contributed by atoms with Crippen molar-refractivity contribution in [1.82, 2.24) is 20.4 Å². The lowest BCUT2D eigenvalue weighted by Crippen LogP contribution is -2.51. The predicted octanol–water partition coefficient (Wildman–Crippen LogP) is 2.96. The molecule has 0 spiro atoms. The van der Waals surface area contributed by atoms with E-state index in [4.69, 9.17) is 4.74 Å². The van der Waals surface area contributed by atoms with Gasteiger partial charge in [0.15, 0.2) is 5.96 Å². The van der Waals surface area contributed by atoms with Crippen LogP contribution in [0.4, 0.5) is 0 Å². The summed E-state index contributed by atoms with van der Waals surface area (Å²) in [7, 11) is 0. The van der Waals surface area contributed by atoms with Gasteiger partial charge in [0, 0.05) is 64.7 Å². The van der Waals surface area contributed by atoms with Crippen molar-refractivity contribution in [2.75, 3.05) is 59.0 Å². The van der Waals surface area contributed by atoms with E-state index < -0.39 is 0 Å². The van der Waals surface area contributed by atoms with Crippen LogP contribution >= 0.6 is 24.0 Å². The number of hydrogen-bond donors (Lipinski definition) is 2. The highest BCUT2D eigenvalue weighted by Crippen LogP contribution is 2.26. The van der Waals surface area contributed by atoms with E-state index in [0.29, 0.717) is 18.4 Å². The van der Waals surface area contributed by atoms with Gasteiger partial charge in [-0.1, -0.05) is 31.0 Å². The summed E-state index contributed by atoms with van der Waals surface area (Å²) < 4.78 is 5.72. The third-order valence-corrected chi connectivity index (χ3v) is 6.04. The van der Waals surface area contributed by atoms with Crippen LogP contribution in [-0.4, -0.2) is 80.6 Å². The molecular formula is C24H40IN5O2. The number of hydrogen-bond acceptors (Lipinski definition) is 4. The van der Waals surface area contributed by atoms with Crippen LogP contribution in [0.1, 0.15) is 39.0 Å². The monoisotopic (exact) mass is 557 g/mol. The van der Waals surface area contributed by atoms with Gasteiger partial charge in [0.05, 0.1) is 6.61 Å². The summed E-state index contributed by atoms with van der Waals surface area (Å²) in [4.78, 5) is 21.7. The highest BCUT2D eigenvalue weighted by atomic mass is 127. The van der Waals surface area contributed by atoms with Gasteiger partial charge in [-0.3, -0.25) is 14.7 Å². The third-order valence-electron chi connectivity index (χ3n) is 6.04. The van der Waals surface area contributed by atoms with E-state index in [1.807, 2.05) is 30.3 Å². The maximum atomic E-state index is 12.6. The molecule has 7 nitrogen and oxygen atoms in total. The Morgan fingerprint density at radius 2 is 1.81 bits per heavy atom. The van der Waals surface area contributed by atoms with Crippen LogP contribution in [0.3, 0.4) is 0 Å². The van der Waals surface area contributed by atoms with E-state index >= 15 is 0 Å². The van der Waals surface area contributed by atoms with E-state index in [2.05, 4.69) is 32.3 Å². The lowest BCUT2D eigenvalue weighted by Gasteiger charge is -2.36. The zero-order valence-electron chi connectivity index (χ0n) is 19.4. The fraction of sp³-hybridized carbons (Fsp3) is 0.667. The minimum atomic E-state index is 0. The van der Waals surface area contributed by atoms with Gasteiger partial charge >= 0.3 is 0 Å². The van der Waals surface area contributed by atoms with Gasteiger partial charge in [-0.2, -0.15) is 0 Å². The average molecular weight is 558 g/mol. The van der Waals surface area contributed by atoms with Gasteiger partial charge in [-0.25, -0.2) is 0 Å². The van der Waals surface area contributed by atoms with Crippen LogP contribution in [0, 0.1) is 5.92 Å². The number of aliphatic imine (C=N–C) groups is 1. The number of benzene rings is 1. The average Bonchev–Trinajstić information content (AvgIpc) is 3.34. The summed E-state index contributed by atoms with van der Waals surface area (Å²) in [6.07, 6.45) is 5.50. The van der Waals surface area contributed by atoms with Crippen molar-refractivity contribution in [3.63, 3.8) is 0 Å². The second-order valence-electron chi connectivity index (χ2n) is 8.35. The Bertz CT molecular complexity index is 674. The van der Waals surface area contributed by atoms with Crippen LogP contribution in [0.25, 0.3) is 0 Å². The number of carbonyl (C=O) groups excluding carboxylic acids is 1. The highest BCUT2D eigenvalue weighted by Gasteiger charge is 2.29. The molecule has 1 saturated carbocycles. The summed E-state index contributed by atoms with van der Waals surface area (Å²) in [5.41, 5.74) is 0. The standard InChI is InChI=1S/C24H39N5O2.HI/c1-2-25-24(26-13-8-20-31-22-11-4-3-5-12-22)27-14-15-28-16-18-29(19-17-28)23(30)21-9-6-7-10-21;/h3-5,11-12,21H,2,6-10,13-20H2,1H3,(H2,25,26,27);1H. The first kappa shape index (κ1) is 26.7. The quantitative estimate of drug-likeness (QED) is 0.201. The molecule has 1 amide bonds. The first-order chi connectivity index (χ1) is 15.3. The summed E-state index contributed by atoms with van der Waals surface area (Å²) in [6, 6.07) is 9.89. The Hall–Kier alpha value is -1.55. The molecule has 2 aliphatic rings. The lowest BCUT2D eigenvalue weighted by molar-refractivity contribution is -0.137.